The summed E-state index contributed by atoms with van der Waals surface area (Å²) in [5.41, 5.74) is 3.14. The van der Waals surface area contributed by atoms with E-state index < -0.39 is 0 Å². The SMILES string of the molecule is Cc1ccc(Sc2c(C)cccc2C#N)cc1. The fourth-order valence-corrected chi connectivity index (χ4v) is 2.56. The highest BCUT2D eigenvalue weighted by atomic mass is 32.2. The van der Waals surface area contributed by atoms with E-state index in [0.717, 1.165) is 16.0 Å². The fraction of sp³-hybridized carbons (Fsp3) is 0.133. The third kappa shape index (κ3) is 2.69. The van der Waals surface area contributed by atoms with Crippen molar-refractivity contribution in [1.82, 2.24) is 0 Å². The second-order valence-corrected chi connectivity index (χ2v) is 5.06. The molecule has 2 rings (SSSR count). The van der Waals surface area contributed by atoms with Gasteiger partial charge in [-0.05, 0) is 37.6 Å². The van der Waals surface area contributed by atoms with Crippen LogP contribution in [0.25, 0.3) is 0 Å². The molecular weight excluding hydrogens is 226 g/mol. The Morgan fingerprint density at radius 2 is 1.71 bits per heavy atom. The maximum atomic E-state index is 9.10. The molecule has 0 aromatic heterocycles. The van der Waals surface area contributed by atoms with Gasteiger partial charge in [-0.2, -0.15) is 5.26 Å². The normalized spacial score (nSPS) is 9.94. The van der Waals surface area contributed by atoms with Gasteiger partial charge in [0, 0.05) is 9.79 Å². The van der Waals surface area contributed by atoms with Crippen molar-refractivity contribution >= 4 is 11.8 Å². The molecule has 0 unspecified atom stereocenters. The molecule has 0 aliphatic rings. The molecule has 0 heterocycles. The van der Waals surface area contributed by atoms with Crippen molar-refractivity contribution in [2.75, 3.05) is 0 Å². The maximum Gasteiger partial charge on any atom is 0.100 e. The van der Waals surface area contributed by atoms with Gasteiger partial charge >= 0.3 is 0 Å². The van der Waals surface area contributed by atoms with E-state index in [1.54, 1.807) is 11.8 Å². The molecule has 0 amide bonds. The predicted molar refractivity (Wildman–Crippen MR) is 71.2 cm³/mol. The molecule has 17 heavy (non-hydrogen) atoms. The van der Waals surface area contributed by atoms with Crippen LogP contribution in [0.2, 0.25) is 0 Å². The summed E-state index contributed by atoms with van der Waals surface area (Å²) in [5, 5.41) is 9.10. The van der Waals surface area contributed by atoms with Crippen molar-refractivity contribution in [2.45, 2.75) is 23.6 Å². The molecule has 0 atom stereocenters. The lowest BCUT2D eigenvalue weighted by Crippen LogP contribution is -1.85. The summed E-state index contributed by atoms with van der Waals surface area (Å²) in [5.74, 6) is 0. The van der Waals surface area contributed by atoms with Crippen LogP contribution in [0.5, 0.6) is 0 Å². The van der Waals surface area contributed by atoms with E-state index in [4.69, 9.17) is 5.26 Å². The Morgan fingerprint density at radius 3 is 2.35 bits per heavy atom. The quantitative estimate of drug-likeness (QED) is 0.779. The van der Waals surface area contributed by atoms with E-state index in [-0.39, 0.29) is 0 Å². The first-order valence-electron chi connectivity index (χ1n) is 5.45. The molecule has 0 radical (unpaired) electrons. The smallest absolute Gasteiger partial charge is 0.100 e. The summed E-state index contributed by atoms with van der Waals surface area (Å²) in [7, 11) is 0. The Labute approximate surface area is 106 Å². The van der Waals surface area contributed by atoms with Crippen molar-refractivity contribution in [3.63, 3.8) is 0 Å². The molecule has 0 bridgehead atoms. The summed E-state index contributed by atoms with van der Waals surface area (Å²) in [6.45, 7) is 4.11. The summed E-state index contributed by atoms with van der Waals surface area (Å²) in [6, 6.07) is 16.4. The van der Waals surface area contributed by atoms with Gasteiger partial charge < -0.3 is 0 Å². The molecule has 0 aliphatic carbocycles. The Hall–Kier alpha value is -1.72. The number of rotatable bonds is 2. The summed E-state index contributed by atoms with van der Waals surface area (Å²) in [6.07, 6.45) is 0. The Kier molecular flexibility index (Phi) is 3.51. The Morgan fingerprint density at radius 1 is 1.00 bits per heavy atom. The molecule has 0 spiro atoms. The largest absolute Gasteiger partial charge is 0.192 e. The number of hydrogen-bond donors (Lipinski definition) is 0. The van der Waals surface area contributed by atoms with Crippen molar-refractivity contribution in [3.8, 4) is 6.07 Å². The molecule has 2 aromatic carbocycles. The van der Waals surface area contributed by atoms with E-state index in [0.29, 0.717) is 0 Å². The topological polar surface area (TPSA) is 23.8 Å². The van der Waals surface area contributed by atoms with E-state index in [1.165, 1.54) is 10.5 Å². The van der Waals surface area contributed by atoms with E-state index >= 15 is 0 Å². The molecular formula is C15H13NS. The highest BCUT2D eigenvalue weighted by Crippen LogP contribution is 2.32. The number of nitrogens with zero attached hydrogens (tertiary/aromatic N) is 1. The predicted octanol–water partition coefficient (Wildman–Crippen LogP) is 4.33. The Balaban J connectivity index is 2.36. The zero-order chi connectivity index (χ0) is 12.3. The number of aryl methyl sites for hydroxylation is 2. The van der Waals surface area contributed by atoms with Crippen LogP contribution in [-0.4, -0.2) is 0 Å². The first kappa shape index (κ1) is 11.8. The van der Waals surface area contributed by atoms with Crippen LogP contribution in [0.3, 0.4) is 0 Å². The zero-order valence-corrected chi connectivity index (χ0v) is 10.7. The summed E-state index contributed by atoms with van der Waals surface area (Å²) < 4.78 is 0. The lowest BCUT2D eigenvalue weighted by molar-refractivity contribution is 1.25. The Bertz CT molecular complexity index is 564. The van der Waals surface area contributed by atoms with Crippen LogP contribution < -0.4 is 0 Å². The van der Waals surface area contributed by atoms with Crippen LogP contribution >= 0.6 is 11.8 Å². The molecule has 0 saturated carbocycles. The van der Waals surface area contributed by atoms with Gasteiger partial charge in [-0.1, -0.05) is 41.6 Å². The van der Waals surface area contributed by atoms with Gasteiger partial charge in [0.1, 0.15) is 6.07 Å². The standard InChI is InChI=1S/C15H13NS/c1-11-6-8-14(9-7-11)17-15-12(2)4-3-5-13(15)10-16/h3-9H,1-2H3. The van der Waals surface area contributed by atoms with E-state index in [1.807, 2.05) is 25.1 Å². The van der Waals surface area contributed by atoms with Crippen LogP contribution in [0.4, 0.5) is 0 Å². The lowest BCUT2D eigenvalue weighted by atomic mass is 10.1. The van der Waals surface area contributed by atoms with Crippen LogP contribution in [0.1, 0.15) is 16.7 Å². The van der Waals surface area contributed by atoms with Gasteiger partial charge in [0.15, 0.2) is 0 Å². The minimum Gasteiger partial charge on any atom is -0.192 e. The molecule has 0 N–H and O–H groups in total. The maximum absolute atomic E-state index is 9.10. The molecule has 0 fully saturated rings. The van der Waals surface area contributed by atoms with Crippen LogP contribution in [0.15, 0.2) is 52.3 Å². The second kappa shape index (κ2) is 5.07. The molecule has 2 aromatic rings. The third-order valence-corrected chi connectivity index (χ3v) is 3.83. The van der Waals surface area contributed by atoms with E-state index in [9.17, 15) is 0 Å². The van der Waals surface area contributed by atoms with Crippen molar-refractivity contribution < 1.29 is 0 Å². The fourth-order valence-electron chi connectivity index (χ4n) is 1.60. The lowest BCUT2D eigenvalue weighted by Gasteiger charge is -2.07. The molecule has 0 saturated heterocycles. The molecule has 84 valence electrons. The summed E-state index contributed by atoms with van der Waals surface area (Å²) >= 11 is 1.65. The number of benzene rings is 2. The van der Waals surface area contributed by atoms with Gasteiger partial charge in [0.2, 0.25) is 0 Å². The van der Waals surface area contributed by atoms with Gasteiger partial charge in [-0.15, -0.1) is 0 Å². The summed E-state index contributed by atoms with van der Waals surface area (Å²) in [4.78, 5) is 2.22. The van der Waals surface area contributed by atoms with Crippen molar-refractivity contribution in [3.05, 3.63) is 59.2 Å². The monoisotopic (exact) mass is 239 g/mol. The average Bonchev–Trinajstić information content (AvgIpc) is 2.34. The third-order valence-electron chi connectivity index (χ3n) is 2.57. The minimum absolute atomic E-state index is 0.746. The van der Waals surface area contributed by atoms with Crippen LogP contribution in [0, 0.1) is 25.2 Å². The average molecular weight is 239 g/mol. The first-order valence-corrected chi connectivity index (χ1v) is 6.26. The molecule has 0 aliphatic heterocycles. The first-order chi connectivity index (χ1) is 8.20. The number of nitriles is 1. The van der Waals surface area contributed by atoms with Gasteiger partial charge in [0.25, 0.3) is 0 Å². The molecule has 2 heteroatoms. The van der Waals surface area contributed by atoms with Gasteiger partial charge in [-0.3, -0.25) is 0 Å². The highest BCUT2D eigenvalue weighted by molar-refractivity contribution is 7.99. The van der Waals surface area contributed by atoms with Crippen LogP contribution in [-0.2, 0) is 0 Å². The minimum atomic E-state index is 0.746. The van der Waals surface area contributed by atoms with Crippen molar-refractivity contribution in [2.24, 2.45) is 0 Å². The van der Waals surface area contributed by atoms with E-state index in [2.05, 4.69) is 37.3 Å². The second-order valence-electron chi connectivity index (χ2n) is 3.98. The molecule has 1 nitrogen and oxygen atoms in total. The van der Waals surface area contributed by atoms with Crippen molar-refractivity contribution in [1.29, 1.82) is 5.26 Å². The number of hydrogen-bond acceptors (Lipinski definition) is 2. The van der Waals surface area contributed by atoms with Gasteiger partial charge in [-0.25, -0.2) is 0 Å². The van der Waals surface area contributed by atoms with Gasteiger partial charge in [0.05, 0.1) is 5.56 Å². The zero-order valence-electron chi connectivity index (χ0n) is 9.90. The highest BCUT2D eigenvalue weighted by Gasteiger charge is 2.06.